The number of hydrogen-bond acceptors (Lipinski definition) is 2. The number of nitrogens with one attached hydrogen (secondary N) is 1. The Kier molecular flexibility index (Phi) is 6.20. The lowest BCUT2D eigenvalue weighted by atomic mass is 10.1. The number of benzene rings is 1. The van der Waals surface area contributed by atoms with Gasteiger partial charge in [-0.05, 0) is 26.0 Å². The largest absolute Gasteiger partial charge is 0.380 e. The maximum atomic E-state index is 13.3. The summed E-state index contributed by atoms with van der Waals surface area (Å²) in [6.45, 7) is 5.77. The second-order valence-corrected chi connectivity index (χ2v) is 4.41. The standard InChI is InChI=1S/C12H16Cl2FNO/c1-3-17-7-6-16-8(2)11-9(13)4-5-10(15)12(11)14/h4-5,8,16H,3,6-7H2,1-2H3. The second kappa shape index (κ2) is 7.17. The SMILES string of the molecule is CCOCCNC(C)c1c(Cl)ccc(F)c1Cl. The van der Waals surface area contributed by atoms with Gasteiger partial charge in [0.25, 0.3) is 0 Å². The highest BCUT2D eigenvalue weighted by Crippen LogP contribution is 2.32. The maximum Gasteiger partial charge on any atom is 0.142 e. The highest BCUT2D eigenvalue weighted by atomic mass is 35.5. The van der Waals surface area contributed by atoms with Crippen molar-refractivity contribution in [3.63, 3.8) is 0 Å². The lowest BCUT2D eigenvalue weighted by Crippen LogP contribution is -2.24. The molecule has 2 nitrogen and oxygen atoms in total. The van der Waals surface area contributed by atoms with E-state index in [0.29, 0.717) is 30.3 Å². The molecule has 0 heterocycles. The molecule has 1 aromatic rings. The van der Waals surface area contributed by atoms with E-state index in [9.17, 15) is 4.39 Å². The van der Waals surface area contributed by atoms with Gasteiger partial charge in [-0.1, -0.05) is 23.2 Å². The van der Waals surface area contributed by atoms with Crippen LogP contribution in [0.1, 0.15) is 25.5 Å². The van der Waals surface area contributed by atoms with Gasteiger partial charge < -0.3 is 10.1 Å². The van der Waals surface area contributed by atoms with Crippen molar-refractivity contribution in [1.29, 1.82) is 0 Å². The van der Waals surface area contributed by atoms with Gasteiger partial charge in [0.2, 0.25) is 0 Å². The van der Waals surface area contributed by atoms with E-state index < -0.39 is 5.82 Å². The first-order chi connectivity index (χ1) is 8.07. The van der Waals surface area contributed by atoms with Crippen molar-refractivity contribution in [3.05, 3.63) is 33.6 Å². The first-order valence-electron chi connectivity index (χ1n) is 5.52. The predicted octanol–water partition coefficient (Wildman–Crippen LogP) is 3.82. The van der Waals surface area contributed by atoms with Crippen LogP contribution in [0.3, 0.4) is 0 Å². The Balaban J connectivity index is 2.68. The van der Waals surface area contributed by atoms with Crippen LogP contribution in [0, 0.1) is 5.82 Å². The molecule has 96 valence electrons. The highest BCUT2D eigenvalue weighted by molar-refractivity contribution is 6.36. The van der Waals surface area contributed by atoms with Gasteiger partial charge >= 0.3 is 0 Å². The lowest BCUT2D eigenvalue weighted by molar-refractivity contribution is 0.147. The fourth-order valence-electron chi connectivity index (χ4n) is 1.53. The summed E-state index contributed by atoms with van der Waals surface area (Å²) in [5, 5.41) is 3.73. The molecule has 0 aliphatic rings. The van der Waals surface area contributed by atoms with Gasteiger partial charge in [0.1, 0.15) is 5.82 Å². The summed E-state index contributed by atoms with van der Waals surface area (Å²) in [6.07, 6.45) is 0. The Morgan fingerprint density at radius 2 is 2.12 bits per heavy atom. The zero-order valence-electron chi connectivity index (χ0n) is 9.90. The molecule has 0 radical (unpaired) electrons. The van der Waals surface area contributed by atoms with Crippen molar-refractivity contribution in [2.24, 2.45) is 0 Å². The third-order valence-electron chi connectivity index (χ3n) is 2.41. The van der Waals surface area contributed by atoms with Crippen molar-refractivity contribution in [3.8, 4) is 0 Å². The van der Waals surface area contributed by atoms with Crippen LogP contribution < -0.4 is 5.32 Å². The van der Waals surface area contributed by atoms with Crippen LogP contribution in [0.25, 0.3) is 0 Å². The Bertz CT molecular complexity index is 374. The van der Waals surface area contributed by atoms with Gasteiger partial charge in [0.05, 0.1) is 11.6 Å². The maximum absolute atomic E-state index is 13.3. The summed E-state index contributed by atoms with van der Waals surface area (Å²) in [5.74, 6) is -0.454. The molecule has 0 amide bonds. The smallest absolute Gasteiger partial charge is 0.142 e. The summed E-state index contributed by atoms with van der Waals surface area (Å²) in [4.78, 5) is 0. The minimum atomic E-state index is -0.454. The van der Waals surface area contributed by atoms with Crippen molar-refractivity contribution < 1.29 is 9.13 Å². The van der Waals surface area contributed by atoms with E-state index in [1.807, 2.05) is 13.8 Å². The van der Waals surface area contributed by atoms with E-state index >= 15 is 0 Å². The van der Waals surface area contributed by atoms with Crippen LogP contribution >= 0.6 is 23.2 Å². The molecule has 1 atom stereocenters. The summed E-state index contributed by atoms with van der Waals surface area (Å²) in [7, 11) is 0. The molecule has 17 heavy (non-hydrogen) atoms. The minimum absolute atomic E-state index is 0.0777. The molecule has 1 unspecified atom stereocenters. The van der Waals surface area contributed by atoms with Crippen molar-refractivity contribution >= 4 is 23.2 Å². The monoisotopic (exact) mass is 279 g/mol. The second-order valence-electron chi connectivity index (χ2n) is 3.63. The topological polar surface area (TPSA) is 21.3 Å². The van der Waals surface area contributed by atoms with E-state index in [1.165, 1.54) is 12.1 Å². The van der Waals surface area contributed by atoms with Gasteiger partial charge in [0.15, 0.2) is 0 Å². The molecule has 5 heteroatoms. The van der Waals surface area contributed by atoms with Crippen LogP contribution in [0.5, 0.6) is 0 Å². The highest BCUT2D eigenvalue weighted by Gasteiger charge is 2.16. The zero-order valence-corrected chi connectivity index (χ0v) is 11.4. The van der Waals surface area contributed by atoms with Crippen molar-refractivity contribution in [1.82, 2.24) is 5.32 Å². The lowest BCUT2D eigenvalue weighted by Gasteiger charge is -2.17. The molecule has 1 aromatic carbocycles. The summed E-state index contributed by atoms with van der Waals surface area (Å²) >= 11 is 11.9. The Hall–Kier alpha value is -0.350. The van der Waals surface area contributed by atoms with Gasteiger partial charge in [-0.15, -0.1) is 0 Å². The van der Waals surface area contributed by atoms with Crippen LogP contribution in [0.4, 0.5) is 4.39 Å². The summed E-state index contributed by atoms with van der Waals surface area (Å²) < 4.78 is 18.5. The average Bonchev–Trinajstić information content (AvgIpc) is 2.30. The molecule has 0 saturated carbocycles. The van der Waals surface area contributed by atoms with Crippen LogP contribution in [-0.4, -0.2) is 19.8 Å². The van der Waals surface area contributed by atoms with E-state index in [-0.39, 0.29) is 11.1 Å². The van der Waals surface area contributed by atoms with E-state index in [2.05, 4.69) is 5.32 Å². The van der Waals surface area contributed by atoms with Gasteiger partial charge in [-0.25, -0.2) is 4.39 Å². The van der Waals surface area contributed by atoms with Crippen LogP contribution in [0.15, 0.2) is 12.1 Å². The van der Waals surface area contributed by atoms with E-state index in [0.717, 1.165) is 0 Å². The number of rotatable bonds is 6. The Morgan fingerprint density at radius 1 is 1.41 bits per heavy atom. The molecule has 0 aliphatic heterocycles. The van der Waals surface area contributed by atoms with Gasteiger partial charge in [0, 0.05) is 29.8 Å². The molecule has 0 saturated heterocycles. The third-order valence-corrected chi connectivity index (χ3v) is 3.13. The molecule has 0 aliphatic carbocycles. The molecule has 0 aromatic heterocycles. The van der Waals surface area contributed by atoms with Gasteiger partial charge in [-0.3, -0.25) is 0 Å². The number of ether oxygens (including phenoxy) is 1. The molecule has 0 fully saturated rings. The molecule has 1 rings (SSSR count). The quantitative estimate of drug-likeness (QED) is 0.631. The summed E-state index contributed by atoms with van der Waals surface area (Å²) in [6, 6.07) is 2.66. The molecular formula is C12H16Cl2FNO. The zero-order chi connectivity index (χ0) is 12.8. The Morgan fingerprint density at radius 3 is 2.76 bits per heavy atom. The summed E-state index contributed by atoms with van der Waals surface area (Å²) in [5.41, 5.74) is 0.588. The first-order valence-corrected chi connectivity index (χ1v) is 6.28. The number of halogens is 3. The van der Waals surface area contributed by atoms with Crippen molar-refractivity contribution in [2.45, 2.75) is 19.9 Å². The molecule has 1 N–H and O–H groups in total. The average molecular weight is 280 g/mol. The van der Waals surface area contributed by atoms with E-state index in [4.69, 9.17) is 27.9 Å². The van der Waals surface area contributed by atoms with Crippen LogP contribution in [-0.2, 0) is 4.74 Å². The first kappa shape index (κ1) is 14.7. The van der Waals surface area contributed by atoms with Crippen molar-refractivity contribution in [2.75, 3.05) is 19.8 Å². The number of hydrogen-bond donors (Lipinski definition) is 1. The normalized spacial score (nSPS) is 12.8. The van der Waals surface area contributed by atoms with Gasteiger partial charge in [-0.2, -0.15) is 0 Å². The fraction of sp³-hybridized carbons (Fsp3) is 0.500. The van der Waals surface area contributed by atoms with Crippen LogP contribution in [0.2, 0.25) is 10.0 Å². The Labute approximate surface area is 111 Å². The van der Waals surface area contributed by atoms with E-state index in [1.54, 1.807) is 0 Å². The fourth-order valence-corrected chi connectivity index (χ4v) is 2.23. The molecule has 0 spiro atoms. The molecule has 0 bridgehead atoms. The molecular weight excluding hydrogens is 264 g/mol. The third kappa shape index (κ3) is 4.11. The predicted molar refractivity (Wildman–Crippen MR) is 69.3 cm³/mol. The minimum Gasteiger partial charge on any atom is -0.380 e.